The van der Waals surface area contributed by atoms with E-state index in [2.05, 4.69) is 12.2 Å². The van der Waals surface area contributed by atoms with Crippen LogP contribution in [0.2, 0.25) is 0 Å². The van der Waals surface area contributed by atoms with E-state index in [1.54, 1.807) is 25.3 Å². The number of carboxylic acids is 1. The number of amides is 1. The van der Waals surface area contributed by atoms with Crippen LogP contribution in [0.3, 0.4) is 0 Å². The average Bonchev–Trinajstić information content (AvgIpc) is 2.81. The van der Waals surface area contributed by atoms with Crippen LogP contribution in [0.4, 0.5) is 5.69 Å². The fourth-order valence-corrected chi connectivity index (χ4v) is 4.29. The number of unbranched alkanes of at least 4 members (excludes halogenated alkanes) is 2. The molecule has 0 aliphatic carbocycles. The molecule has 0 aliphatic rings. The molecule has 2 aromatic rings. The molecule has 0 saturated heterocycles. The summed E-state index contributed by atoms with van der Waals surface area (Å²) in [4.78, 5) is 37.0. The maximum atomic E-state index is 13.3. The molecular formula is C29H39NO5. The van der Waals surface area contributed by atoms with Gasteiger partial charge in [-0.05, 0) is 47.1 Å². The lowest BCUT2D eigenvalue weighted by Crippen LogP contribution is -2.21. The Morgan fingerprint density at radius 1 is 1.00 bits per heavy atom. The number of carbonyl (C=O) groups excluding carboxylic acids is 2. The van der Waals surface area contributed by atoms with E-state index in [0.717, 1.165) is 36.8 Å². The number of methoxy groups -OCH3 is 1. The third-order valence-electron chi connectivity index (χ3n) is 6.25. The summed E-state index contributed by atoms with van der Waals surface area (Å²) in [6, 6.07) is 10.3. The van der Waals surface area contributed by atoms with Crippen molar-refractivity contribution in [3.8, 4) is 5.75 Å². The molecule has 35 heavy (non-hydrogen) atoms. The first-order chi connectivity index (χ1) is 16.5. The van der Waals surface area contributed by atoms with Gasteiger partial charge in [0.15, 0.2) is 5.78 Å². The Kier molecular flexibility index (Phi) is 10.1. The number of carbonyl (C=O) groups is 3. The second kappa shape index (κ2) is 12.5. The highest BCUT2D eigenvalue weighted by molar-refractivity contribution is 5.97. The number of aromatic carboxylic acids is 1. The van der Waals surface area contributed by atoms with Crippen LogP contribution in [0.15, 0.2) is 36.4 Å². The van der Waals surface area contributed by atoms with Crippen molar-refractivity contribution in [2.24, 2.45) is 0 Å². The van der Waals surface area contributed by atoms with E-state index in [-0.39, 0.29) is 35.0 Å². The Morgan fingerprint density at radius 2 is 1.69 bits per heavy atom. The van der Waals surface area contributed by atoms with Crippen LogP contribution in [-0.4, -0.2) is 29.9 Å². The summed E-state index contributed by atoms with van der Waals surface area (Å²) in [5.74, 6) is -0.659. The molecule has 0 saturated carbocycles. The lowest BCUT2D eigenvalue weighted by Gasteiger charge is -2.25. The van der Waals surface area contributed by atoms with Gasteiger partial charge in [0.25, 0.3) is 0 Å². The van der Waals surface area contributed by atoms with Crippen LogP contribution in [0.1, 0.15) is 111 Å². The van der Waals surface area contributed by atoms with Crippen LogP contribution in [0.5, 0.6) is 5.75 Å². The van der Waals surface area contributed by atoms with Gasteiger partial charge in [-0.15, -0.1) is 0 Å². The number of benzene rings is 2. The first kappa shape index (κ1) is 28.1. The fourth-order valence-electron chi connectivity index (χ4n) is 4.29. The molecule has 0 aromatic heterocycles. The standard InChI is InChI=1S/C29H39NO5/c1-7-9-10-11-19(22-14-12-20(25(31)8-2)17-26(22)35-6)18-27(32)30-24-16-21(28(33)34)13-15-23(24)29(3,4)5/h12-17,19H,7-11,18H2,1-6H3,(H,30,32)(H,33,34). The second-order valence-electron chi connectivity index (χ2n) is 9.99. The minimum atomic E-state index is -1.04. The number of nitrogens with one attached hydrogen (secondary N) is 1. The zero-order valence-corrected chi connectivity index (χ0v) is 21.9. The van der Waals surface area contributed by atoms with E-state index in [9.17, 15) is 19.5 Å². The van der Waals surface area contributed by atoms with Gasteiger partial charge >= 0.3 is 5.97 Å². The SMILES string of the molecule is CCCCCC(CC(=O)Nc1cc(C(=O)O)ccc1C(C)(C)C)c1ccc(C(=O)CC)cc1OC. The lowest BCUT2D eigenvalue weighted by atomic mass is 9.84. The molecule has 0 aliphatic heterocycles. The third-order valence-corrected chi connectivity index (χ3v) is 6.25. The molecule has 2 rings (SSSR count). The highest BCUT2D eigenvalue weighted by atomic mass is 16.5. The molecule has 2 N–H and O–H groups in total. The van der Waals surface area contributed by atoms with Gasteiger partial charge in [0.05, 0.1) is 12.7 Å². The predicted octanol–water partition coefficient (Wildman–Crippen LogP) is 6.98. The molecular weight excluding hydrogens is 442 g/mol. The minimum Gasteiger partial charge on any atom is -0.496 e. The molecule has 0 spiro atoms. The van der Waals surface area contributed by atoms with Crippen LogP contribution in [-0.2, 0) is 10.2 Å². The molecule has 6 heteroatoms. The Morgan fingerprint density at radius 3 is 2.26 bits per heavy atom. The molecule has 1 unspecified atom stereocenters. The molecule has 190 valence electrons. The van der Waals surface area contributed by atoms with E-state index < -0.39 is 5.97 Å². The van der Waals surface area contributed by atoms with Crippen molar-refractivity contribution in [3.05, 3.63) is 58.7 Å². The summed E-state index contributed by atoms with van der Waals surface area (Å²) in [5, 5.41) is 12.4. The number of anilines is 1. The van der Waals surface area contributed by atoms with E-state index >= 15 is 0 Å². The van der Waals surface area contributed by atoms with Crippen molar-refractivity contribution in [2.75, 3.05) is 12.4 Å². The van der Waals surface area contributed by atoms with E-state index in [1.807, 2.05) is 39.8 Å². The van der Waals surface area contributed by atoms with Crippen LogP contribution in [0.25, 0.3) is 0 Å². The van der Waals surface area contributed by atoms with E-state index in [0.29, 0.717) is 23.4 Å². The number of hydrogen-bond acceptors (Lipinski definition) is 4. The zero-order chi connectivity index (χ0) is 26.2. The maximum Gasteiger partial charge on any atom is 0.335 e. The van der Waals surface area contributed by atoms with E-state index in [1.165, 1.54) is 6.07 Å². The average molecular weight is 482 g/mol. The quantitative estimate of drug-likeness (QED) is 0.252. The van der Waals surface area contributed by atoms with Crippen molar-refractivity contribution in [2.45, 2.75) is 84.5 Å². The van der Waals surface area contributed by atoms with Gasteiger partial charge < -0.3 is 15.2 Å². The van der Waals surface area contributed by atoms with Crippen molar-refractivity contribution in [1.82, 2.24) is 0 Å². The summed E-state index contributed by atoms with van der Waals surface area (Å²) in [5.41, 5.74) is 2.76. The monoisotopic (exact) mass is 481 g/mol. The summed E-state index contributed by atoms with van der Waals surface area (Å²) in [7, 11) is 1.58. The lowest BCUT2D eigenvalue weighted by molar-refractivity contribution is -0.116. The first-order valence-corrected chi connectivity index (χ1v) is 12.4. The molecule has 2 aromatic carbocycles. The van der Waals surface area contributed by atoms with Crippen LogP contribution in [0, 0.1) is 0 Å². The molecule has 0 fully saturated rings. The number of ketones is 1. The van der Waals surface area contributed by atoms with Gasteiger partial charge in [-0.25, -0.2) is 4.79 Å². The van der Waals surface area contributed by atoms with Crippen molar-refractivity contribution in [1.29, 1.82) is 0 Å². The Hall–Kier alpha value is -3.15. The first-order valence-electron chi connectivity index (χ1n) is 12.4. The smallest absolute Gasteiger partial charge is 0.335 e. The van der Waals surface area contributed by atoms with Crippen LogP contribution >= 0.6 is 0 Å². The second-order valence-corrected chi connectivity index (χ2v) is 9.99. The number of rotatable bonds is 12. The van der Waals surface area contributed by atoms with Gasteiger partial charge in [0.1, 0.15) is 5.75 Å². The Labute approximate surface area is 209 Å². The van der Waals surface area contributed by atoms with Gasteiger partial charge in [0, 0.05) is 24.1 Å². The molecule has 0 bridgehead atoms. The van der Waals surface area contributed by atoms with Crippen molar-refractivity contribution < 1.29 is 24.2 Å². The zero-order valence-electron chi connectivity index (χ0n) is 21.9. The van der Waals surface area contributed by atoms with Crippen molar-refractivity contribution in [3.63, 3.8) is 0 Å². The summed E-state index contributed by atoms with van der Waals surface area (Å²) in [6.07, 6.45) is 4.53. The number of Topliss-reactive ketones (excluding diaryl/α,β-unsaturated/α-hetero) is 1. The number of hydrogen-bond donors (Lipinski definition) is 2. The van der Waals surface area contributed by atoms with Crippen molar-refractivity contribution >= 4 is 23.3 Å². The summed E-state index contributed by atoms with van der Waals surface area (Å²) in [6.45, 7) is 10.0. The number of carboxylic acid groups (broad SMARTS) is 1. The molecule has 0 heterocycles. The Balaban J connectivity index is 2.37. The van der Waals surface area contributed by atoms with Crippen LogP contribution < -0.4 is 10.1 Å². The van der Waals surface area contributed by atoms with Gasteiger partial charge in [-0.1, -0.05) is 72.1 Å². The summed E-state index contributed by atoms with van der Waals surface area (Å²) < 4.78 is 5.62. The predicted molar refractivity (Wildman–Crippen MR) is 140 cm³/mol. The minimum absolute atomic E-state index is 0.0446. The Bertz CT molecular complexity index is 1050. The number of ether oxygens (including phenoxy) is 1. The van der Waals surface area contributed by atoms with Gasteiger partial charge in [0.2, 0.25) is 5.91 Å². The molecule has 1 amide bonds. The molecule has 0 radical (unpaired) electrons. The fraction of sp³-hybridized carbons (Fsp3) is 0.483. The topological polar surface area (TPSA) is 92.7 Å². The normalized spacial score (nSPS) is 12.2. The maximum absolute atomic E-state index is 13.3. The summed E-state index contributed by atoms with van der Waals surface area (Å²) >= 11 is 0. The highest BCUT2D eigenvalue weighted by Crippen LogP contribution is 2.35. The third kappa shape index (κ3) is 7.67. The van der Waals surface area contributed by atoms with E-state index in [4.69, 9.17) is 4.74 Å². The highest BCUT2D eigenvalue weighted by Gasteiger charge is 2.24. The van der Waals surface area contributed by atoms with Gasteiger partial charge in [-0.3, -0.25) is 9.59 Å². The molecule has 6 nitrogen and oxygen atoms in total. The van der Waals surface area contributed by atoms with Gasteiger partial charge in [-0.2, -0.15) is 0 Å². The molecule has 1 atom stereocenters. The largest absolute Gasteiger partial charge is 0.496 e.